The Morgan fingerprint density at radius 1 is 1.19 bits per heavy atom. The second-order valence-electron chi connectivity index (χ2n) is 7.03. The van der Waals surface area contributed by atoms with Crippen LogP contribution in [0.3, 0.4) is 0 Å². The van der Waals surface area contributed by atoms with Crippen molar-refractivity contribution >= 4 is 45.7 Å². The zero-order valence-electron chi connectivity index (χ0n) is 17.2. The van der Waals surface area contributed by atoms with E-state index in [4.69, 9.17) is 20.8 Å². The van der Waals surface area contributed by atoms with Crippen molar-refractivity contribution in [1.82, 2.24) is 4.98 Å². The summed E-state index contributed by atoms with van der Waals surface area (Å²) in [5, 5.41) is 11.3. The maximum atomic E-state index is 13.3. The molecule has 2 aromatic heterocycles. The Morgan fingerprint density at radius 2 is 1.88 bits per heavy atom. The van der Waals surface area contributed by atoms with Crippen molar-refractivity contribution in [3.8, 4) is 0 Å². The summed E-state index contributed by atoms with van der Waals surface area (Å²) in [4.78, 5) is 44.2. The van der Waals surface area contributed by atoms with Crippen molar-refractivity contribution < 1.29 is 28.6 Å². The lowest BCUT2D eigenvalue weighted by Gasteiger charge is -2.24. The number of halogens is 1. The highest BCUT2D eigenvalue weighted by Gasteiger charge is 2.46. The highest BCUT2D eigenvalue weighted by Crippen LogP contribution is 2.44. The fraction of sp³-hybridized carbons (Fsp3) is 0.182. The van der Waals surface area contributed by atoms with Gasteiger partial charge in [0.05, 0.1) is 24.4 Å². The van der Waals surface area contributed by atoms with Crippen molar-refractivity contribution in [2.75, 3.05) is 12.0 Å². The molecule has 0 radical (unpaired) electrons. The average Bonchev–Trinajstić information content (AvgIpc) is 3.44. The molecule has 1 aliphatic rings. The summed E-state index contributed by atoms with van der Waals surface area (Å²) in [6, 6.07) is 8.61. The minimum atomic E-state index is -1.01. The molecule has 0 saturated carbocycles. The predicted molar refractivity (Wildman–Crippen MR) is 117 cm³/mol. The molecule has 0 unspecified atom stereocenters. The van der Waals surface area contributed by atoms with Crippen LogP contribution in [-0.2, 0) is 9.53 Å². The zero-order valence-corrected chi connectivity index (χ0v) is 18.8. The first-order valence-electron chi connectivity index (χ1n) is 9.42. The van der Waals surface area contributed by atoms with E-state index in [-0.39, 0.29) is 21.3 Å². The number of methoxy groups -OCH3 is 1. The molecule has 1 atom stereocenters. The van der Waals surface area contributed by atoms with Gasteiger partial charge in [-0.15, -0.1) is 0 Å². The summed E-state index contributed by atoms with van der Waals surface area (Å²) in [6.45, 7) is 3.29. The number of carbonyl (C=O) groups is 3. The minimum absolute atomic E-state index is 0.0109. The third-order valence-corrected chi connectivity index (χ3v) is 6.35. The van der Waals surface area contributed by atoms with Gasteiger partial charge in [-0.05, 0) is 43.7 Å². The monoisotopic (exact) mass is 472 g/mol. The van der Waals surface area contributed by atoms with E-state index in [0.717, 1.165) is 11.3 Å². The van der Waals surface area contributed by atoms with E-state index in [1.165, 1.54) is 18.1 Å². The van der Waals surface area contributed by atoms with Gasteiger partial charge in [0.15, 0.2) is 16.7 Å². The number of ketones is 1. The third-order valence-electron chi connectivity index (χ3n) is 4.96. The second kappa shape index (κ2) is 8.25. The van der Waals surface area contributed by atoms with E-state index in [1.54, 1.807) is 44.2 Å². The van der Waals surface area contributed by atoms with E-state index >= 15 is 0 Å². The van der Waals surface area contributed by atoms with Crippen LogP contribution < -0.4 is 4.90 Å². The molecule has 3 aromatic rings. The van der Waals surface area contributed by atoms with Crippen molar-refractivity contribution in [2.24, 2.45) is 0 Å². The maximum absolute atomic E-state index is 13.3. The molecule has 10 heteroatoms. The number of aliphatic hydroxyl groups is 1. The topological polar surface area (TPSA) is 110 Å². The number of esters is 1. The Balaban J connectivity index is 1.87. The van der Waals surface area contributed by atoms with Gasteiger partial charge in [0, 0.05) is 5.02 Å². The highest BCUT2D eigenvalue weighted by molar-refractivity contribution is 7.17. The molecule has 0 spiro atoms. The number of aromatic nitrogens is 1. The first-order valence-corrected chi connectivity index (χ1v) is 10.6. The number of aliphatic hydroxyl groups excluding tert-OH is 1. The van der Waals surface area contributed by atoms with E-state index in [9.17, 15) is 19.5 Å². The first kappa shape index (κ1) is 21.8. The predicted octanol–water partition coefficient (Wildman–Crippen LogP) is 4.58. The molecule has 1 amide bonds. The molecular formula is C22H17ClN2O6S. The Kier molecular flexibility index (Phi) is 5.62. The van der Waals surface area contributed by atoms with E-state index < -0.39 is 29.5 Å². The SMILES string of the molecule is COC(=O)c1sc(N2C(=O)C(O)=C(C(=O)c3ccc(C)o3)[C@@H]2c2ccc(Cl)cc2)nc1C. The van der Waals surface area contributed by atoms with E-state index in [0.29, 0.717) is 22.0 Å². The molecule has 0 aliphatic carbocycles. The number of carbonyl (C=O) groups excluding carboxylic acids is 3. The molecule has 32 heavy (non-hydrogen) atoms. The number of rotatable bonds is 5. The van der Waals surface area contributed by atoms with Crippen molar-refractivity contribution in [3.63, 3.8) is 0 Å². The van der Waals surface area contributed by atoms with Crippen LogP contribution in [0.2, 0.25) is 5.02 Å². The Morgan fingerprint density at radius 3 is 2.47 bits per heavy atom. The number of aryl methyl sites for hydroxylation is 2. The standard InChI is InChI=1S/C22H17ClN2O6S/c1-10-4-9-14(31-10)17(26)15-16(12-5-7-13(23)8-6-12)25(20(28)18(15)27)22-24-11(2)19(32-22)21(29)30-3/h4-9,16,27H,1-3H3/t16-/m0/s1. The number of amides is 1. The number of nitrogens with zero attached hydrogens (tertiary/aromatic N) is 2. The van der Waals surface area contributed by atoms with E-state index in [1.807, 2.05) is 0 Å². The molecule has 0 fully saturated rings. The lowest BCUT2D eigenvalue weighted by Crippen LogP contribution is -2.31. The van der Waals surface area contributed by atoms with Gasteiger partial charge in [0.2, 0.25) is 5.78 Å². The molecule has 1 aliphatic heterocycles. The van der Waals surface area contributed by atoms with Crippen LogP contribution in [0.1, 0.15) is 43.3 Å². The number of anilines is 1. The summed E-state index contributed by atoms with van der Waals surface area (Å²) in [5.74, 6) is -2.26. The van der Waals surface area contributed by atoms with Gasteiger partial charge in [0.25, 0.3) is 5.91 Å². The third kappa shape index (κ3) is 3.59. The Bertz CT molecular complexity index is 1270. The quantitative estimate of drug-likeness (QED) is 0.427. The normalized spacial score (nSPS) is 16.1. The van der Waals surface area contributed by atoms with Crippen LogP contribution in [0.15, 0.2) is 52.1 Å². The van der Waals surface area contributed by atoms with Crippen molar-refractivity contribution in [1.29, 1.82) is 0 Å². The lowest BCUT2D eigenvalue weighted by molar-refractivity contribution is -0.117. The second-order valence-corrected chi connectivity index (χ2v) is 8.45. The molecule has 1 aromatic carbocycles. The number of Topliss-reactive ketones (excluding diaryl/α,β-unsaturated/α-hetero) is 1. The van der Waals surface area contributed by atoms with Crippen LogP contribution in [-0.4, -0.2) is 34.9 Å². The summed E-state index contributed by atoms with van der Waals surface area (Å²) in [6.07, 6.45) is 0. The van der Waals surface area contributed by atoms with Crippen molar-refractivity contribution in [3.05, 3.63) is 80.4 Å². The molecule has 3 heterocycles. The van der Waals surface area contributed by atoms with Crippen LogP contribution in [0.4, 0.5) is 5.13 Å². The van der Waals surface area contributed by atoms with Crippen molar-refractivity contribution in [2.45, 2.75) is 19.9 Å². The van der Waals surface area contributed by atoms with Gasteiger partial charge in [-0.25, -0.2) is 9.78 Å². The Hall–Kier alpha value is -3.43. The minimum Gasteiger partial charge on any atom is -0.503 e. The molecular weight excluding hydrogens is 456 g/mol. The molecule has 0 saturated heterocycles. The van der Waals surface area contributed by atoms with E-state index in [2.05, 4.69) is 4.98 Å². The largest absolute Gasteiger partial charge is 0.503 e. The number of hydrogen-bond donors (Lipinski definition) is 1. The molecule has 0 bridgehead atoms. The van der Waals surface area contributed by atoms with Gasteiger partial charge in [0.1, 0.15) is 10.6 Å². The molecule has 1 N–H and O–H groups in total. The fourth-order valence-electron chi connectivity index (χ4n) is 3.45. The smallest absolute Gasteiger partial charge is 0.350 e. The van der Waals surface area contributed by atoms with Crippen LogP contribution >= 0.6 is 22.9 Å². The van der Waals surface area contributed by atoms with Gasteiger partial charge in [-0.3, -0.25) is 14.5 Å². The van der Waals surface area contributed by atoms with Crippen LogP contribution in [0.25, 0.3) is 0 Å². The first-order chi connectivity index (χ1) is 15.2. The summed E-state index contributed by atoms with van der Waals surface area (Å²) in [7, 11) is 1.24. The average molecular weight is 473 g/mol. The van der Waals surface area contributed by atoms with Crippen LogP contribution in [0.5, 0.6) is 0 Å². The fourth-order valence-corrected chi connectivity index (χ4v) is 4.59. The molecule has 4 rings (SSSR count). The lowest BCUT2D eigenvalue weighted by atomic mass is 9.95. The number of hydrogen-bond acceptors (Lipinski definition) is 8. The highest BCUT2D eigenvalue weighted by atomic mass is 35.5. The van der Waals surface area contributed by atoms with Gasteiger partial charge < -0.3 is 14.3 Å². The number of ether oxygens (including phenoxy) is 1. The maximum Gasteiger partial charge on any atom is 0.350 e. The molecule has 164 valence electrons. The van der Waals surface area contributed by atoms with Crippen LogP contribution in [0, 0.1) is 13.8 Å². The number of benzene rings is 1. The van der Waals surface area contributed by atoms with Gasteiger partial charge >= 0.3 is 5.97 Å². The summed E-state index contributed by atoms with van der Waals surface area (Å²) in [5.41, 5.74) is 0.727. The molecule has 8 nitrogen and oxygen atoms in total. The Labute approximate surface area is 191 Å². The van der Waals surface area contributed by atoms with Gasteiger partial charge in [-0.2, -0.15) is 0 Å². The zero-order chi connectivity index (χ0) is 23.2. The summed E-state index contributed by atoms with van der Waals surface area (Å²) < 4.78 is 10.2. The number of furan rings is 1. The number of thiazole rings is 1. The summed E-state index contributed by atoms with van der Waals surface area (Å²) >= 11 is 6.95. The van der Waals surface area contributed by atoms with Gasteiger partial charge in [-0.1, -0.05) is 35.1 Å².